The molecule has 138 valence electrons. The average molecular weight is 348 g/mol. The van der Waals surface area contributed by atoms with Gasteiger partial charge in [-0.05, 0) is 36.5 Å². The van der Waals surface area contributed by atoms with E-state index in [0.29, 0.717) is 18.9 Å². The smallest absolute Gasteiger partial charge is 0.255 e. The Bertz CT molecular complexity index is 587. The molecule has 1 aliphatic carbocycles. The Morgan fingerprint density at radius 2 is 2.24 bits per heavy atom. The van der Waals surface area contributed by atoms with Crippen LogP contribution in [0.2, 0.25) is 0 Å². The summed E-state index contributed by atoms with van der Waals surface area (Å²) in [5.41, 5.74) is 6.12. The van der Waals surface area contributed by atoms with Gasteiger partial charge in [-0.1, -0.05) is 12.1 Å². The molecule has 1 aliphatic rings. The Morgan fingerprint density at radius 3 is 2.92 bits per heavy atom. The maximum Gasteiger partial charge on any atom is 0.255 e. The molecule has 1 aromatic rings. The number of nitrogens with one attached hydrogen (secondary N) is 1. The summed E-state index contributed by atoms with van der Waals surface area (Å²) < 4.78 is 11.0. The van der Waals surface area contributed by atoms with Gasteiger partial charge in [0.15, 0.2) is 12.6 Å². The normalized spacial score (nSPS) is 14.2. The third-order valence-electron chi connectivity index (χ3n) is 3.93. The van der Waals surface area contributed by atoms with E-state index in [2.05, 4.69) is 10.3 Å². The highest BCUT2D eigenvalue weighted by Gasteiger charge is 2.21. The van der Waals surface area contributed by atoms with E-state index < -0.39 is 5.91 Å². The molecule has 0 radical (unpaired) electrons. The predicted molar refractivity (Wildman–Crippen MR) is 97.5 cm³/mol. The largest absolute Gasteiger partial charge is 0.484 e. The minimum Gasteiger partial charge on any atom is -0.484 e. The highest BCUT2D eigenvalue weighted by molar-refractivity contribution is 5.79. The Balaban J connectivity index is 1.74. The summed E-state index contributed by atoms with van der Waals surface area (Å²) in [6, 6.07) is 7.54. The number of carbonyl (C=O) groups excluding carboxylic acids is 1. The van der Waals surface area contributed by atoms with Gasteiger partial charge in [0.1, 0.15) is 5.75 Å². The van der Waals surface area contributed by atoms with Crippen LogP contribution in [0.15, 0.2) is 29.3 Å². The molecule has 0 atom stereocenters. The van der Waals surface area contributed by atoms with Gasteiger partial charge in [-0.2, -0.15) is 0 Å². The number of rotatable bonds is 10. The minimum atomic E-state index is -0.491. The van der Waals surface area contributed by atoms with Crippen LogP contribution in [0.3, 0.4) is 0 Å². The molecule has 1 amide bonds. The number of primary amides is 1. The first-order valence-electron chi connectivity index (χ1n) is 8.58. The molecule has 7 heteroatoms. The van der Waals surface area contributed by atoms with Crippen LogP contribution in [0.4, 0.5) is 0 Å². The lowest BCUT2D eigenvalue weighted by atomic mass is 10.2. The third-order valence-corrected chi connectivity index (χ3v) is 3.93. The fraction of sp³-hybridized carbons (Fsp3) is 0.556. The number of nitrogens with zero attached hydrogens (tertiary/aromatic N) is 2. The second-order valence-electron chi connectivity index (χ2n) is 6.24. The lowest BCUT2D eigenvalue weighted by Gasteiger charge is -2.22. The van der Waals surface area contributed by atoms with Crippen molar-refractivity contribution < 1.29 is 14.3 Å². The van der Waals surface area contributed by atoms with Crippen molar-refractivity contribution in [1.29, 1.82) is 0 Å². The molecule has 0 aromatic heterocycles. The quantitative estimate of drug-likeness (QED) is 0.374. The van der Waals surface area contributed by atoms with Crippen molar-refractivity contribution in [3.63, 3.8) is 0 Å². The highest BCUT2D eigenvalue weighted by Crippen LogP contribution is 2.28. The molecule has 2 rings (SSSR count). The summed E-state index contributed by atoms with van der Waals surface area (Å²) in [6.07, 6.45) is 2.61. The van der Waals surface area contributed by atoms with Gasteiger partial charge < -0.3 is 25.4 Å². The molecule has 1 saturated carbocycles. The van der Waals surface area contributed by atoms with E-state index in [4.69, 9.17) is 15.2 Å². The first-order chi connectivity index (χ1) is 12.1. The molecule has 0 spiro atoms. The summed E-state index contributed by atoms with van der Waals surface area (Å²) in [4.78, 5) is 17.1. The Kier molecular flexibility index (Phi) is 7.53. The predicted octanol–water partition coefficient (Wildman–Crippen LogP) is 0.985. The van der Waals surface area contributed by atoms with Crippen LogP contribution in [0.5, 0.6) is 5.75 Å². The van der Waals surface area contributed by atoms with E-state index in [1.807, 2.05) is 30.1 Å². The fourth-order valence-electron chi connectivity index (χ4n) is 2.31. The van der Waals surface area contributed by atoms with Crippen LogP contribution in [0.25, 0.3) is 0 Å². The van der Waals surface area contributed by atoms with Crippen LogP contribution in [-0.2, 0) is 16.1 Å². The molecule has 25 heavy (non-hydrogen) atoms. The van der Waals surface area contributed by atoms with Gasteiger partial charge in [-0.3, -0.25) is 9.79 Å². The number of carbonyl (C=O) groups is 1. The molecular weight excluding hydrogens is 320 g/mol. The standard InChI is InChI=1S/C18H28N4O3/c1-20-18(22(2)8-9-24-12-14-6-7-14)21-11-15-4-3-5-16(10-15)25-13-17(19)23/h3-5,10,14H,6-9,11-13H2,1-2H3,(H2,19,23)(H,20,21). The highest BCUT2D eigenvalue weighted by atomic mass is 16.5. The van der Waals surface area contributed by atoms with Gasteiger partial charge in [0.25, 0.3) is 5.91 Å². The van der Waals surface area contributed by atoms with Crippen molar-refractivity contribution in [2.45, 2.75) is 19.4 Å². The summed E-state index contributed by atoms with van der Waals surface area (Å²) in [7, 11) is 3.75. The van der Waals surface area contributed by atoms with Crippen molar-refractivity contribution in [2.75, 3.05) is 40.5 Å². The fourth-order valence-corrected chi connectivity index (χ4v) is 2.31. The van der Waals surface area contributed by atoms with Gasteiger partial charge in [0.05, 0.1) is 6.61 Å². The van der Waals surface area contributed by atoms with Crippen molar-refractivity contribution in [1.82, 2.24) is 10.2 Å². The van der Waals surface area contributed by atoms with Crippen molar-refractivity contribution in [3.8, 4) is 5.75 Å². The zero-order chi connectivity index (χ0) is 18.1. The average Bonchev–Trinajstić information content (AvgIpc) is 3.42. The van der Waals surface area contributed by atoms with E-state index in [0.717, 1.165) is 30.6 Å². The van der Waals surface area contributed by atoms with Crippen molar-refractivity contribution >= 4 is 11.9 Å². The van der Waals surface area contributed by atoms with Crippen LogP contribution < -0.4 is 15.8 Å². The Morgan fingerprint density at radius 1 is 1.44 bits per heavy atom. The summed E-state index contributed by atoms with van der Waals surface area (Å²) in [6.45, 7) is 2.84. The van der Waals surface area contributed by atoms with Gasteiger partial charge in [-0.15, -0.1) is 0 Å². The molecule has 0 aliphatic heterocycles. The number of likely N-dealkylation sites (N-methyl/N-ethyl adjacent to an activating group) is 1. The number of hydrogen-bond acceptors (Lipinski definition) is 4. The molecule has 3 N–H and O–H groups in total. The maximum absolute atomic E-state index is 10.8. The van der Waals surface area contributed by atoms with Crippen LogP contribution in [-0.4, -0.2) is 57.2 Å². The first kappa shape index (κ1) is 19.1. The zero-order valence-electron chi connectivity index (χ0n) is 15.0. The number of benzene rings is 1. The Labute approximate surface area is 149 Å². The van der Waals surface area contributed by atoms with Crippen molar-refractivity contribution in [2.24, 2.45) is 16.6 Å². The lowest BCUT2D eigenvalue weighted by molar-refractivity contribution is -0.119. The summed E-state index contributed by atoms with van der Waals surface area (Å²) in [5.74, 6) is 1.72. The maximum atomic E-state index is 10.8. The van der Waals surface area contributed by atoms with Gasteiger partial charge in [0, 0.05) is 33.8 Å². The van der Waals surface area contributed by atoms with Crippen LogP contribution in [0.1, 0.15) is 18.4 Å². The van der Waals surface area contributed by atoms with E-state index in [9.17, 15) is 4.79 Å². The SMILES string of the molecule is CN=C(NCc1cccc(OCC(N)=O)c1)N(C)CCOCC1CC1. The van der Waals surface area contributed by atoms with E-state index in [1.54, 1.807) is 13.1 Å². The van der Waals surface area contributed by atoms with Crippen LogP contribution >= 0.6 is 0 Å². The number of amides is 1. The topological polar surface area (TPSA) is 89.2 Å². The number of aliphatic imine (C=N–C) groups is 1. The first-order valence-corrected chi connectivity index (χ1v) is 8.58. The molecule has 0 saturated heterocycles. The number of nitrogens with two attached hydrogens (primary N) is 1. The third kappa shape index (κ3) is 7.43. The Hall–Kier alpha value is -2.28. The molecular formula is C18H28N4O3. The second-order valence-corrected chi connectivity index (χ2v) is 6.24. The number of guanidine groups is 1. The van der Waals surface area contributed by atoms with Crippen molar-refractivity contribution in [3.05, 3.63) is 29.8 Å². The molecule has 7 nitrogen and oxygen atoms in total. The number of hydrogen-bond donors (Lipinski definition) is 2. The monoisotopic (exact) mass is 348 g/mol. The molecule has 0 unspecified atom stereocenters. The molecule has 0 heterocycles. The lowest BCUT2D eigenvalue weighted by Crippen LogP contribution is -2.40. The summed E-state index contributed by atoms with van der Waals surface area (Å²) in [5, 5.41) is 3.31. The molecule has 0 bridgehead atoms. The second kappa shape index (κ2) is 9.88. The van der Waals surface area contributed by atoms with Gasteiger partial charge in [0.2, 0.25) is 0 Å². The van der Waals surface area contributed by atoms with Crippen LogP contribution in [0, 0.1) is 5.92 Å². The molecule has 1 aromatic carbocycles. The summed E-state index contributed by atoms with van der Waals surface area (Å²) >= 11 is 0. The van der Waals surface area contributed by atoms with E-state index >= 15 is 0 Å². The van der Waals surface area contributed by atoms with Gasteiger partial charge >= 0.3 is 0 Å². The van der Waals surface area contributed by atoms with E-state index in [1.165, 1.54) is 12.8 Å². The zero-order valence-corrected chi connectivity index (χ0v) is 15.0. The minimum absolute atomic E-state index is 0.123. The molecule has 1 fully saturated rings. The van der Waals surface area contributed by atoms with E-state index in [-0.39, 0.29) is 6.61 Å². The van der Waals surface area contributed by atoms with Gasteiger partial charge in [-0.25, -0.2) is 0 Å². The number of ether oxygens (including phenoxy) is 2.